The first-order valence-electron chi connectivity index (χ1n) is 9.53. The molecule has 4 N–H and O–H groups in total. The van der Waals surface area contributed by atoms with Crippen LogP contribution >= 0.6 is 12.6 Å². The molecule has 1 amide bonds. The maximum Gasteiger partial charge on any atom is 0.326 e. The third kappa shape index (κ3) is 7.99. The van der Waals surface area contributed by atoms with Crippen LogP contribution in [0.25, 0.3) is 0 Å². The van der Waals surface area contributed by atoms with E-state index >= 15 is 0 Å². The number of amidine groups is 1. The molecule has 0 spiro atoms. The van der Waals surface area contributed by atoms with E-state index in [9.17, 15) is 14.7 Å². The average molecular weight is 414 g/mol. The van der Waals surface area contributed by atoms with Gasteiger partial charge in [-0.3, -0.25) is 9.79 Å². The molecule has 0 aromatic heterocycles. The second-order valence-corrected chi connectivity index (χ2v) is 7.19. The van der Waals surface area contributed by atoms with Crippen LogP contribution in [0.15, 0.2) is 65.7 Å². The number of carboxylic acid groups (broad SMARTS) is 1. The SMILES string of the molecule is NC(CCCS)=N[C@@H](Cc1ccccc1)C(=O)N[C@@H](Cc1ccccc1)C(=O)O. The molecular formula is C22H27N3O3S. The Morgan fingerprint density at radius 3 is 2.07 bits per heavy atom. The molecule has 0 fully saturated rings. The Bertz CT molecular complexity index is 813. The van der Waals surface area contributed by atoms with Gasteiger partial charge in [-0.2, -0.15) is 12.6 Å². The summed E-state index contributed by atoms with van der Waals surface area (Å²) in [6, 6.07) is 16.8. The van der Waals surface area contributed by atoms with Crippen molar-refractivity contribution >= 4 is 30.3 Å². The van der Waals surface area contributed by atoms with Crippen LogP contribution in [0.3, 0.4) is 0 Å². The Morgan fingerprint density at radius 2 is 1.55 bits per heavy atom. The predicted octanol–water partition coefficient (Wildman–Crippen LogP) is 2.48. The molecule has 2 rings (SSSR count). The zero-order valence-electron chi connectivity index (χ0n) is 16.2. The zero-order chi connectivity index (χ0) is 21.1. The molecule has 0 bridgehead atoms. The summed E-state index contributed by atoms with van der Waals surface area (Å²) in [7, 11) is 0. The highest BCUT2D eigenvalue weighted by molar-refractivity contribution is 7.80. The Kier molecular flexibility index (Phi) is 9.24. The highest BCUT2D eigenvalue weighted by Gasteiger charge is 2.25. The molecule has 0 aliphatic carbocycles. The Hall–Kier alpha value is -2.80. The van der Waals surface area contributed by atoms with Gasteiger partial charge < -0.3 is 16.2 Å². The van der Waals surface area contributed by atoms with Crippen LogP contribution in [0.1, 0.15) is 24.0 Å². The van der Waals surface area contributed by atoms with E-state index in [2.05, 4.69) is 22.9 Å². The van der Waals surface area contributed by atoms with Gasteiger partial charge in [-0.25, -0.2) is 4.79 Å². The fraction of sp³-hybridized carbons (Fsp3) is 0.318. The maximum absolute atomic E-state index is 12.9. The number of hydrogen-bond acceptors (Lipinski definition) is 4. The second-order valence-electron chi connectivity index (χ2n) is 6.74. The minimum atomic E-state index is -1.09. The number of nitrogens with one attached hydrogen (secondary N) is 1. The number of nitrogens with two attached hydrogens (primary N) is 1. The Labute approximate surface area is 176 Å². The van der Waals surface area contributed by atoms with Gasteiger partial charge in [0.1, 0.15) is 12.1 Å². The van der Waals surface area contributed by atoms with E-state index in [1.165, 1.54) is 0 Å². The fourth-order valence-electron chi connectivity index (χ4n) is 2.88. The number of aliphatic carboxylic acids is 1. The van der Waals surface area contributed by atoms with Crippen molar-refractivity contribution in [2.75, 3.05) is 5.75 Å². The van der Waals surface area contributed by atoms with Crippen LogP contribution < -0.4 is 11.1 Å². The van der Waals surface area contributed by atoms with Crippen molar-refractivity contribution < 1.29 is 14.7 Å². The monoisotopic (exact) mass is 413 g/mol. The van der Waals surface area contributed by atoms with Crippen LogP contribution in [0.2, 0.25) is 0 Å². The number of rotatable bonds is 11. The summed E-state index contributed by atoms with van der Waals surface area (Å²) in [5.74, 6) is -0.507. The van der Waals surface area contributed by atoms with Crippen LogP contribution in [-0.2, 0) is 22.4 Å². The van der Waals surface area contributed by atoms with Crippen LogP contribution in [0.5, 0.6) is 0 Å². The summed E-state index contributed by atoms with van der Waals surface area (Å²) >= 11 is 4.17. The van der Waals surface area contributed by atoms with Crippen molar-refractivity contribution in [1.82, 2.24) is 5.32 Å². The molecular weight excluding hydrogens is 386 g/mol. The molecule has 0 radical (unpaired) electrons. The minimum absolute atomic E-state index is 0.193. The standard InChI is InChI=1S/C22H27N3O3S/c23-20(12-7-13-29)24-18(14-16-8-3-1-4-9-16)21(26)25-19(22(27)28)15-17-10-5-2-6-11-17/h1-6,8-11,18-19,29H,7,12-15H2,(H2,23,24)(H,25,26)(H,27,28)/t18-,19-/m0/s1. The lowest BCUT2D eigenvalue weighted by Crippen LogP contribution is -2.47. The third-order valence-corrected chi connectivity index (χ3v) is 4.70. The van der Waals surface area contributed by atoms with Gasteiger partial charge in [0.2, 0.25) is 5.91 Å². The lowest BCUT2D eigenvalue weighted by Gasteiger charge is -2.19. The number of carbonyl (C=O) groups excluding carboxylic acids is 1. The smallest absolute Gasteiger partial charge is 0.326 e. The van der Waals surface area contributed by atoms with E-state index in [1.807, 2.05) is 60.7 Å². The van der Waals surface area contributed by atoms with Gasteiger partial charge in [-0.1, -0.05) is 60.7 Å². The van der Waals surface area contributed by atoms with Crippen molar-refractivity contribution in [3.8, 4) is 0 Å². The van der Waals surface area contributed by atoms with E-state index < -0.39 is 24.0 Å². The van der Waals surface area contributed by atoms with Crippen molar-refractivity contribution in [2.45, 2.75) is 37.8 Å². The molecule has 0 heterocycles. The largest absolute Gasteiger partial charge is 0.480 e. The van der Waals surface area contributed by atoms with E-state index in [1.54, 1.807) is 0 Å². The summed E-state index contributed by atoms with van der Waals surface area (Å²) in [6.07, 6.45) is 1.82. The topological polar surface area (TPSA) is 105 Å². The van der Waals surface area contributed by atoms with Crippen molar-refractivity contribution in [3.63, 3.8) is 0 Å². The highest BCUT2D eigenvalue weighted by Crippen LogP contribution is 2.09. The van der Waals surface area contributed by atoms with Crippen molar-refractivity contribution in [2.24, 2.45) is 10.7 Å². The quantitative estimate of drug-likeness (QED) is 0.258. The number of aliphatic imine (C=N–C) groups is 1. The van der Waals surface area contributed by atoms with Crippen molar-refractivity contribution in [3.05, 3.63) is 71.8 Å². The first-order valence-corrected chi connectivity index (χ1v) is 10.2. The first kappa shape index (κ1) is 22.5. The number of carbonyl (C=O) groups is 2. The van der Waals surface area contributed by atoms with E-state index in [4.69, 9.17) is 5.73 Å². The first-order chi connectivity index (χ1) is 14.0. The molecule has 2 aromatic carbocycles. The van der Waals surface area contributed by atoms with Crippen LogP contribution in [0.4, 0.5) is 0 Å². The molecule has 2 aromatic rings. The van der Waals surface area contributed by atoms with Crippen molar-refractivity contribution in [1.29, 1.82) is 0 Å². The molecule has 0 saturated heterocycles. The number of nitrogens with zero attached hydrogens (tertiary/aromatic N) is 1. The second kappa shape index (κ2) is 11.9. The number of amides is 1. The van der Waals surface area contributed by atoms with Gasteiger partial charge in [-0.15, -0.1) is 0 Å². The summed E-state index contributed by atoms with van der Waals surface area (Å²) in [5, 5.41) is 12.2. The molecule has 0 aliphatic rings. The van der Waals surface area contributed by atoms with Gasteiger partial charge >= 0.3 is 5.97 Å². The molecule has 29 heavy (non-hydrogen) atoms. The summed E-state index contributed by atoms with van der Waals surface area (Å²) in [6.45, 7) is 0. The van der Waals surface area contributed by atoms with E-state index in [-0.39, 0.29) is 6.42 Å². The lowest BCUT2D eigenvalue weighted by molar-refractivity contribution is -0.141. The van der Waals surface area contributed by atoms with Crippen LogP contribution in [-0.4, -0.2) is 40.7 Å². The number of hydrogen-bond donors (Lipinski definition) is 4. The average Bonchev–Trinajstić information content (AvgIpc) is 2.72. The molecule has 154 valence electrons. The Morgan fingerprint density at radius 1 is 1.00 bits per heavy atom. The molecule has 0 aliphatic heterocycles. The summed E-state index contributed by atoms with van der Waals surface area (Å²) in [4.78, 5) is 29.0. The van der Waals surface area contributed by atoms with E-state index in [0.717, 1.165) is 17.5 Å². The molecule has 2 atom stereocenters. The maximum atomic E-state index is 12.9. The molecule has 6 nitrogen and oxygen atoms in total. The van der Waals surface area contributed by atoms with Crippen LogP contribution in [0, 0.1) is 0 Å². The fourth-order valence-corrected chi connectivity index (χ4v) is 3.04. The third-order valence-electron chi connectivity index (χ3n) is 4.38. The predicted molar refractivity (Wildman–Crippen MR) is 118 cm³/mol. The van der Waals surface area contributed by atoms with Gasteiger partial charge in [0.05, 0.1) is 5.84 Å². The van der Waals surface area contributed by atoms with Gasteiger partial charge in [0.25, 0.3) is 0 Å². The lowest BCUT2D eigenvalue weighted by atomic mass is 10.0. The minimum Gasteiger partial charge on any atom is -0.480 e. The van der Waals surface area contributed by atoms with E-state index in [0.29, 0.717) is 24.4 Å². The Balaban J connectivity index is 2.16. The zero-order valence-corrected chi connectivity index (χ0v) is 17.1. The molecule has 0 saturated carbocycles. The number of thiol groups is 1. The number of benzene rings is 2. The van der Waals surface area contributed by atoms with Gasteiger partial charge in [-0.05, 0) is 23.3 Å². The highest BCUT2D eigenvalue weighted by atomic mass is 32.1. The van der Waals surface area contributed by atoms with Gasteiger partial charge in [0.15, 0.2) is 0 Å². The number of carboxylic acids is 1. The normalized spacial score (nSPS) is 13.5. The summed E-state index contributed by atoms with van der Waals surface area (Å²) < 4.78 is 0. The summed E-state index contributed by atoms with van der Waals surface area (Å²) in [5.41, 5.74) is 7.74. The molecule has 0 unspecified atom stereocenters. The van der Waals surface area contributed by atoms with Gasteiger partial charge in [0, 0.05) is 19.3 Å². The molecule has 7 heteroatoms.